The van der Waals surface area contributed by atoms with Gasteiger partial charge in [0.25, 0.3) is 0 Å². The Bertz CT molecular complexity index is 712. The molecule has 0 spiro atoms. The van der Waals surface area contributed by atoms with E-state index in [1.807, 2.05) is 30.5 Å². The van der Waals surface area contributed by atoms with Crippen LogP contribution in [0.4, 0.5) is 4.79 Å². The molecule has 0 aliphatic carbocycles. The Morgan fingerprint density at radius 1 is 1.29 bits per heavy atom. The van der Waals surface area contributed by atoms with Crippen LogP contribution in [0.15, 0.2) is 36.8 Å². The van der Waals surface area contributed by atoms with Crippen LogP contribution in [-0.4, -0.2) is 57.1 Å². The number of amides is 1. The molecular formula is C17H19N5O2. The van der Waals surface area contributed by atoms with Gasteiger partial charge in [-0.15, -0.1) is 0 Å². The first-order valence-electron chi connectivity index (χ1n) is 7.86. The van der Waals surface area contributed by atoms with Crippen molar-refractivity contribution < 1.29 is 9.90 Å². The number of piperazine rings is 1. The third-order valence-electron chi connectivity index (χ3n) is 4.42. The Hall–Kier alpha value is -2.85. The van der Waals surface area contributed by atoms with Gasteiger partial charge in [0.1, 0.15) is 0 Å². The minimum Gasteiger partial charge on any atom is -0.465 e. The van der Waals surface area contributed by atoms with Crippen molar-refractivity contribution >= 4 is 6.09 Å². The van der Waals surface area contributed by atoms with Crippen LogP contribution in [0.1, 0.15) is 22.9 Å². The first-order chi connectivity index (χ1) is 11.7. The van der Waals surface area contributed by atoms with Crippen molar-refractivity contribution in [3.63, 3.8) is 0 Å². The number of carboxylic acid groups (broad SMARTS) is 1. The minimum atomic E-state index is -0.861. The first kappa shape index (κ1) is 16.0. The lowest BCUT2D eigenvalue weighted by Crippen LogP contribution is -2.49. The number of imidazole rings is 1. The molecule has 1 saturated heterocycles. The summed E-state index contributed by atoms with van der Waals surface area (Å²) < 4.78 is 0. The summed E-state index contributed by atoms with van der Waals surface area (Å²) in [4.78, 5) is 22.1. The maximum Gasteiger partial charge on any atom is 0.407 e. The number of benzene rings is 1. The number of H-pyrrole nitrogens is 1. The van der Waals surface area contributed by atoms with Gasteiger partial charge in [-0.05, 0) is 24.1 Å². The number of rotatable bonds is 4. The monoisotopic (exact) mass is 325 g/mol. The average molecular weight is 325 g/mol. The molecule has 1 atom stereocenters. The van der Waals surface area contributed by atoms with E-state index in [9.17, 15) is 4.79 Å². The lowest BCUT2D eigenvalue weighted by Gasteiger charge is -2.38. The summed E-state index contributed by atoms with van der Waals surface area (Å²) in [6.07, 6.45) is 3.40. The highest BCUT2D eigenvalue weighted by Crippen LogP contribution is 2.25. The molecule has 1 unspecified atom stereocenters. The second kappa shape index (κ2) is 7.15. The third kappa shape index (κ3) is 3.55. The highest BCUT2D eigenvalue weighted by Gasteiger charge is 2.27. The van der Waals surface area contributed by atoms with Gasteiger partial charge in [-0.3, -0.25) is 4.90 Å². The largest absolute Gasteiger partial charge is 0.465 e. The van der Waals surface area contributed by atoms with Crippen LogP contribution in [0.5, 0.6) is 0 Å². The van der Waals surface area contributed by atoms with Crippen molar-refractivity contribution in [2.45, 2.75) is 12.5 Å². The van der Waals surface area contributed by atoms with Crippen molar-refractivity contribution in [3.05, 3.63) is 53.6 Å². The predicted molar refractivity (Wildman–Crippen MR) is 87.4 cm³/mol. The molecule has 3 rings (SSSR count). The standard InChI is InChI=1S/C17H19N5O2/c18-10-14-3-1-13(2-4-14)9-16(15-11-19-12-20-15)21-5-7-22(8-6-21)17(23)24/h1-4,11-12,16H,5-9H2,(H,19,20)(H,23,24). The van der Waals surface area contributed by atoms with E-state index in [1.165, 1.54) is 4.90 Å². The van der Waals surface area contributed by atoms with Gasteiger partial charge in [0.15, 0.2) is 0 Å². The molecular weight excluding hydrogens is 306 g/mol. The number of aromatic amines is 1. The number of nitriles is 1. The van der Waals surface area contributed by atoms with Crippen molar-refractivity contribution in [1.29, 1.82) is 5.26 Å². The quantitative estimate of drug-likeness (QED) is 0.894. The maximum absolute atomic E-state index is 11.1. The van der Waals surface area contributed by atoms with E-state index in [-0.39, 0.29) is 6.04 Å². The SMILES string of the molecule is N#Cc1ccc(CC(c2cnc[nH]2)N2CCN(C(=O)O)CC2)cc1. The molecule has 7 nitrogen and oxygen atoms in total. The summed E-state index contributed by atoms with van der Waals surface area (Å²) in [5.74, 6) is 0. The number of aromatic nitrogens is 2. The maximum atomic E-state index is 11.1. The topological polar surface area (TPSA) is 96.3 Å². The van der Waals surface area contributed by atoms with Gasteiger partial charge in [0.2, 0.25) is 0 Å². The summed E-state index contributed by atoms with van der Waals surface area (Å²) in [6.45, 7) is 2.39. The molecule has 1 fully saturated rings. The molecule has 1 aliphatic heterocycles. The lowest BCUT2D eigenvalue weighted by atomic mass is 10.0. The van der Waals surface area contributed by atoms with Crippen LogP contribution < -0.4 is 0 Å². The molecule has 1 amide bonds. The van der Waals surface area contributed by atoms with Gasteiger partial charge in [-0.2, -0.15) is 5.26 Å². The molecule has 2 aromatic rings. The molecule has 2 heterocycles. The van der Waals surface area contributed by atoms with E-state index in [2.05, 4.69) is 20.9 Å². The molecule has 0 radical (unpaired) electrons. The number of hydrogen-bond donors (Lipinski definition) is 2. The fraction of sp³-hybridized carbons (Fsp3) is 0.353. The Labute approximate surface area is 140 Å². The predicted octanol–water partition coefficient (Wildman–Crippen LogP) is 1.86. The van der Waals surface area contributed by atoms with Gasteiger partial charge in [-0.25, -0.2) is 9.78 Å². The van der Waals surface area contributed by atoms with Crippen molar-refractivity contribution in [2.24, 2.45) is 0 Å². The highest BCUT2D eigenvalue weighted by atomic mass is 16.4. The average Bonchev–Trinajstić information content (AvgIpc) is 3.14. The molecule has 7 heteroatoms. The second-order valence-corrected chi connectivity index (χ2v) is 5.84. The zero-order valence-electron chi connectivity index (χ0n) is 13.2. The third-order valence-corrected chi connectivity index (χ3v) is 4.42. The van der Waals surface area contributed by atoms with Gasteiger partial charge < -0.3 is 15.0 Å². The summed E-state index contributed by atoms with van der Waals surface area (Å²) in [6, 6.07) is 9.81. The molecule has 124 valence electrons. The fourth-order valence-electron chi connectivity index (χ4n) is 3.05. The van der Waals surface area contributed by atoms with Crippen LogP contribution in [0.25, 0.3) is 0 Å². The van der Waals surface area contributed by atoms with Gasteiger partial charge >= 0.3 is 6.09 Å². The van der Waals surface area contributed by atoms with Crippen molar-refractivity contribution in [1.82, 2.24) is 19.8 Å². The Kier molecular flexibility index (Phi) is 4.77. The van der Waals surface area contributed by atoms with E-state index in [1.54, 1.807) is 6.33 Å². The lowest BCUT2D eigenvalue weighted by molar-refractivity contribution is 0.0836. The molecule has 1 aromatic heterocycles. The zero-order valence-corrected chi connectivity index (χ0v) is 13.2. The number of nitrogens with one attached hydrogen (secondary N) is 1. The van der Waals surface area contributed by atoms with E-state index in [0.29, 0.717) is 31.7 Å². The van der Waals surface area contributed by atoms with Crippen molar-refractivity contribution in [3.8, 4) is 6.07 Å². The molecule has 0 saturated carbocycles. The molecule has 1 aliphatic rings. The number of nitrogens with zero attached hydrogens (tertiary/aromatic N) is 4. The van der Waals surface area contributed by atoms with Crippen LogP contribution in [0, 0.1) is 11.3 Å². The summed E-state index contributed by atoms with van der Waals surface area (Å²) >= 11 is 0. The van der Waals surface area contributed by atoms with Gasteiger partial charge in [0, 0.05) is 32.4 Å². The molecule has 24 heavy (non-hydrogen) atoms. The van der Waals surface area contributed by atoms with Crippen LogP contribution in [0.3, 0.4) is 0 Å². The number of hydrogen-bond acceptors (Lipinski definition) is 4. The van der Waals surface area contributed by atoms with E-state index < -0.39 is 6.09 Å². The fourth-order valence-corrected chi connectivity index (χ4v) is 3.05. The smallest absolute Gasteiger partial charge is 0.407 e. The molecule has 2 N–H and O–H groups in total. The summed E-state index contributed by atoms with van der Waals surface area (Å²) in [5, 5.41) is 18.0. The Morgan fingerprint density at radius 2 is 2.00 bits per heavy atom. The van der Waals surface area contributed by atoms with Crippen LogP contribution in [-0.2, 0) is 6.42 Å². The van der Waals surface area contributed by atoms with Gasteiger partial charge in [-0.1, -0.05) is 12.1 Å². The highest BCUT2D eigenvalue weighted by molar-refractivity contribution is 5.65. The van der Waals surface area contributed by atoms with E-state index in [0.717, 1.165) is 17.7 Å². The number of carbonyl (C=O) groups is 1. The minimum absolute atomic E-state index is 0.108. The van der Waals surface area contributed by atoms with E-state index >= 15 is 0 Å². The van der Waals surface area contributed by atoms with Crippen molar-refractivity contribution in [2.75, 3.05) is 26.2 Å². The summed E-state index contributed by atoms with van der Waals surface area (Å²) in [7, 11) is 0. The molecule has 1 aromatic carbocycles. The van der Waals surface area contributed by atoms with Gasteiger partial charge in [0.05, 0.1) is 29.7 Å². The Balaban J connectivity index is 1.75. The first-order valence-corrected chi connectivity index (χ1v) is 7.86. The van der Waals surface area contributed by atoms with Crippen LogP contribution in [0.2, 0.25) is 0 Å². The summed E-state index contributed by atoms with van der Waals surface area (Å²) in [5.41, 5.74) is 2.80. The normalized spacial score (nSPS) is 16.5. The second-order valence-electron chi connectivity index (χ2n) is 5.84. The molecule has 0 bridgehead atoms. The van der Waals surface area contributed by atoms with Crippen LogP contribution >= 0.6 is 0 Å². The van der Waals surface area contributed by atoms with E-state index in [4.69, 9.17) is 10.4 Å². The Morgan fingerprint density at radius 3 is 2.54 bits per heavy atom. The zero-order chi connectivity index (χ0) is 16.9.